The van der Waals surface area contributed by atoms with E-state index in [9.17, 15) is 10.2 Å². The van der Waals surface area contributed by atoms with Gasteiger partial charge < -0.3 is 67.1 Å². The second-order valence-electron chi connectivity index (χ2n) is 18.6. The molecule has 2 aromatic rings. The Labute approximate surface area is 353 Å². The molecule has 19 atom stereocenters. The van der Waals surface area contributed by atoms with Crippen LogP contribution in [0.4, 0.5) is 0 Å². The van der Waals surface area contributed by atoms with Gasteiger partial charge in [-0.25, -0.2) is 0 Å². The molecule has 0 spiro atoms. The first kappa shape index (κ1) is 42.4. The first-order valence-electron chi connectivity index (χ1n) is 22.1. The van der Waals surface area contributed by atoms with Crippen LogP contribution in [-0.4, -0.2) is 100 Å². The van der Waals surface area contributed by atoms with Crippen molar-refractivity contribution in [2.24, 2.45) is 59.2 Å². The fourth-order valence-corrected chi connectivity index (χ4v) is 10.5. The van der Waals surface area contributed by atoms with Crippen LogP contribution in [0, 0.1) is 59.2 Å². The summed E-state index contributed by atoms with van der Waals surface area (Å²) in [7, 11) is 0. The maximum Gasteiger partial charge on any atom is 0.231 e. The first-order chi connectivity index (χ1) is 28.9. The number of hydrogen-bond acceptors (Lipinski definition) is 14. The normalized spacial score (nSPS) is 43.3. The Kier molecular flexibility index (Phi) is 12.2. The zero-order valence-electron chi connectivity index (χ0n) is 36.1. The van der Waals surface area contributed by atoms with Gasteiger partial charge in [0.1, 0.15) is 11.9 Å². The van der Waals surface area contributed by atoms with Crippen molar-refractivity contribution in [3.8, 4) is 28.7 Å². The van der Waals surface area contributed by atoms with Gasteiger partial charge in [0.15, 0.2) is 35.6 Å². The van der Waals surface area contributed by atoms with Gasteiger partial charge in [0.05, 0.1) is 63.6 Å². The monoisotopic (exact) mass is 840 g/mol. The van der Waals surface area contributed by atoms with Gasteiger partial charge in [-0.1, -0.05) is 61.5 Å². The third-order valence-corrected chi connectivity index (χ3v) is 15.6. The molecule has 5 saturated heterocycles. The van der Waals surface area contributed by atoms with Crippen LogP contribution in [0.25, 0.3) is 0 Å². The van der Waals surface area contributed by atoms with Gasteiger partial charge in [0.2, 0.25) is 19.9 Å². The van der Waals surface area contributed by atoms with E-state index in [4.69, 9.17) is 56.8 Å². The van der Waals surface area contributed by atoms with Crippen LogP contribution in [-0.2, 0) is 33.2 Å². The highest BCUT2D eigenvalue weighted by Gasteiger charge is 2.52. The molecule has 5 fully saturated rings. The molecule has 7 heterocycles. The van der Waals surface area contributed by atoms with E-state index in [1.807, 2.05) is 30.3 Å². The minimum atomic E-state index is -0.894. The number of aliphatic hydroxyl groups excluding tert-OH is 2. The van der Waals surface area contributed by atoms with E-state index in [0.29, 0.717) is 36.4 Å². The Bertz CT molecular complexity index is 1800. The summed E-state index contributed by atoms with van der Waals surface area (Å²) in [5.74, 6) is 4.29. The van der Waals surface area contributed by atoms with Gasteiger partial charge >= 0.3 is 0 Å². The van der Waals surface area contributed by atoms with E-state index in [2.05, 4.69) is 55.4 Å². The second kappa shape index (κ2) is 17.3. The highest BCUT2D eigenvalue weighted by atomic mass is 16.8. The first-order valence-corrected chi connectivity index (χ1v) is 22.1. The summed E-state index contributed by atoms with van der Waals surface area (Å²) in [5, 5.41) is 20.4. The molecule has 7 aliphatic heterocycles. The van der Waals surface area contributed by atoms with Gasteiger partial charge in [-0.3, -0.25) is 0 Å². The number of ether oxygens (including phenoxy) is 12. The Hall–Kier alpha value is -2.92. The molecule has 2 N–H and O–H groups in total. The van der Waals surface area contributed by atoms with Crippen LogP contribution in [0.5, 0.6) is 28.7 Å². The van der Waals surface area contributed by atoms with E-state index in [1.165, 1.54) is 0 Å². The minimum Gasteiger partial charge on any atom is -0.462 e. The van der Waals surface area contributed by atoms with Crippen LogP contribution in [0.1, 0.15) is 78.7 Å². The Balaban J connectivity index is 1.00. The van der Waals surface area contributed by atoms with E-state index < -0.39 is 25.0 Å². The van der Waals surface area contributed by atoms with Crippen molar-refractivity contribution in [2.45, 2.75) is 111 Å². The van der Waals surface area contributed by atoms with Crippen molar-refractivity contribution >= 4 is 0 Å². The number of aliphatic hydroxyl groups is 2. The van der Waals surface area contributed by atoms with Crippen molar-refractivity contribution in [1.29, 1.82) is 0 Å². The second-order valence-corrected chi connectivity index (χ2v) is 18.6. The summed E-state index contributed by atoms with van der Waals surface area (Å²) >= 11 is 0. The lowest BCUT2D eigenvalue weighted by molar-refractivity contribution is -0.333. The molecular weight excluding hydrogens is 776 g/mol. The topological polar surface area (TPSA) is 151 Å². The summed E-state index contributed by atoms with van der Waals surface area (Å²) < 4.78 is 76.7. The average molecular weight is 841 g/mol. The Morgan fingerprint density at radius 3 is 1.78 bits per heavy atom. The van der Waals surface area contributed by atoms with Crippen molar-refractivity contribution in [2.75, 3.05) is 46.6 Å². The molecule has 0 saturated carbocycles. The molecule has 0 amide bonds. The van der Waals surface area contributed by atoms with Crippen molar-refractivity contribution in [1.82, 2.24) is 0 Å². The number of benzene rings is 2. The Morgan fingerprint density at radius 1 is 0.550 bits per heavy atom. The van der Waals surface area contributed by atoms with Gasteiger partial charge in [-0.05, 0) is 59.3 Å². The Morgan fingerprint density at radius 2 is 1.10 bits per heavy atom. The van der Waals surface area contributed by atoms with Gasteiger partial charge in [0, 0.05) is 35.3 Å². The van der Waals surface area contributed by atoms with Crippen LogP contribution >= 0.6 is 0 Å². The number of fused-ring (bicyclic) bond motifs is 3. The molecule has 14 heteroatoms. The summed E-state index contributed by atoms with van der Waals surface area (Å²) in [5.41, 5.74) is 1.84. The predicted octanol–water partition coefficient (Wildman–Crippen LogP) is 6.25. The van der Waals surface area contributed by atoms with E-state index >= 15 is 0 Å². The fraction of sp³-hybridized carbons (Fsp3) is 0.739. The molecule has 9 rings (SSSR count). The molecule has 2 aromatic carbocycles. The smallest absolute Gasteiger partial charge is 0.231 e. The highest BCUT2D eigenvalue weighted by Crippen LogP contribution is 2.55. The molecule has 60 heavy (non-hydrogen) atoms. The summed E-state index contributed by atoms with van der Waals surface area (Å²) in [6.45, 7) is 18.6. The number of hydrogen-bond donors (Lipinski definition) is 2. The SMILES string of the molecule is C[C@@H]1[C@@H](C)[C@H](OC[C@H]2O[C@@H](Oc3cc4c(cc3C3OCC5C(c6ccc7c(c6)OCO7)OCC35)OCO4)[C@H](OC3O[C@@H](CO)[C@H](C)[C@@H](C)[C@@H]3C)[C@@H](C)[C@@H]2C)O[C@H](CO)[C@H]1C. The van der Waals surface area contributed by atoms with Crippen LogP contribution < -0.4 is 23.7 Å². The van der Waals surface area contributed by atoms with E-state index in [0.717, 1.165) is 22.6 Å². The third kappa shape index (κ3) is 7.65. The zero-order chi connectivity index (χ0) is 42.0. The lowest BCUT2D eigenvalue weighted by Crippen LogP contribution is -2.57. The quantitative estimate of drug-likeness (QED) is 0.263. The molecule has 14 nitrogen and oxygen atoms in total. The standard InChI is InChI=1S/C46H64O14/c1-21-23(3)38(14-47)57-44(27(21)7)51-18-40-25(5)26(6)41(60-45-28(8)22(2)24(4)39(15-48)58-45)46(59-40)56-34-13-37-36(54-20-55-37)12-30(34)43-32-17-49-42(31(32)16-50-43)29-9-10-33-35(11-29)53-19-52-33/h9-13,21-28,31-32,38-48H,14-20H2,1-8H3/t21-,22+,23-,24+,25-,26-,27+,28-,31?,32?,38+,39-,40+,41+,42?,43?,44+,45?,46+/m0/s1. The molecule has 5 unspecified atom stereocenters. The lowest BCUT2D eigenvalue weighted by atomic mass is 9.78. The van der Waals surface area contributed by atoms with Crippen LogP contribution in [0.15, 0.2) is 30.3 Å². The van der Waals surface area contributed by atoms with Crippen LogP contribution in [0.2, 0.25) is 0 Å². The van der Waals surface area contributed by atoms with E-state index in [1.54, 1.807) is 0 Å². The summed E-state index contributed by atoms with van der Waals surface area (Å²) in [6.07, 6.45) is -4.11. The third-order valence-electron chi connectivity index (χ3n) is 15.6. The molecule has 0 aromatic heterocycles. The van der Waals surface area contributed by atoms with Gasteiger partial charge in [-0.2, -0.15) is 0 Å². The zero-order valence-corrected chi connectivity index (χ0v) is 36.1. The molecular formula is C46H64O14. The molecule has 7 aliphatic rings. The van der Waals surface area contributed by atoms with Gasteiger partial charge in [-0.15, -0.1) is 0 Å². The highest BCUT2D eigenvalue weighted by molar-refractivity contribution is 5.53. The average Bonchev–Trinajstić information content (AvgIpc) is 4.08. The molecule has 0 aliphatic carbocycles. The molecule has 0 bridgehead atoms. The van der Waals surface area contributed by atoms with E-state index in [-0.39, 0.29) is 117 Å². The van der Waals surface area contributed by atoms with Gasteiger partial charge in [0.25, 0.3) is 0 Å². The fourth-order valence-electron chi connectivity index (χ4n) is 10.5. The lowest BCUT2D eigenvalue weighted by Gasteiger charge is -2.49. The van der Waals surface area contributed by atoms with Crippen LogP contribution in [0.3, 0.4) is 0 Å². The van der Waals surface area contributed by atoms with Crippen molar-refractivity contribution in [3.05, 3.63) is 41.5 Å². The largest absolute Gasteiger partial charge is 0.462 e. The maximum absolute atomic E-state index is 10.3. The minimum absolute atomic E-state index is 0.0125. The molecule has 332 valence electrons. The summed E-state index contributed by atoms with van der Waals surface area (Å²) in [6, 6.07) is 9.82. The van der Waals surface area contributed by atoms with Crippen molar-refractivity contribution < 1.29 is 67.1 Å². The number of rotatable bonds is 11. The summed E-state index contributed by atoms with van der Waals surface area (Å²) in [4.78, 5) is 0. The maximum atomic E-state index is 10.3. The van der Waals surface area contributed by atoms with Crippen molar-refractivity contribution in [3.63, 3.8) is 0 Å². The predicted molar refractivity (Wildman–Crippen MR) is 214 cm³/mol. The molecule has 0 radical (unpaired) electrons.